The SMILES string of the molecule is CCCCN1/C(=C/C=C2\COCC(/C=C/C3=[N+](CCCC)c4ccc(Cl)cc4C3(C)C)=C2Cl)C(C)(C)c2cc(Cl)ccc21.[I-]. The molecule has 3 nitrogen and oxygen atoms in total. The molecule has 0 amide bonds. The summed E-state index contributed by atoms with van der Waals surface area (Å²) >= 11 is 20.0. The Bertz CT molecular complexity index is 1560. The zero-order valence-corrected chi connectivity index (χ0v) is 31.2. The number of anilines is 1. The average molecular weight is 766 g/mol. The summed E-state index contributed by atoms with van der Waals surface area (Å²) in [6.45, 7) is 16.5. The molecule has 2 aromatic rings. The van der Waals surface area contributed by atoms with E-state index in [1.807, 2.05) is 12.1 Å². The summed E-state index contributed by atoms with van der Waals surface area (Å²) in [6, 6.07) is 12.5. The maximum absolute atomic E-state index is 7.10. The Morgan fingerprint density at radius 2 is 1.52 bits per heavy atom. The highest BCUT2D eigenvalue weighted by atomic mass is 127. The number of benzene rings is 2. The smallest absolute Gasteiger partial charge is 0.209 e. The first kappa shape index (κ1) is 35.3. The van der Waals surface area contributed by atoms with Crippen LogP contribution in [0.2, 0.25) is 10.0 Å². The molecule has 2 aromatic carbocycles. The Balaban J connectivity index is 0.00000442. The number of unbranched alkanes of at least 4 members (excludes halogenated alkanes) is 2. The molecule has 0 radical (unpaired) electrons. The van der Waals surface area contributed by atoms with Crippen molar-refractivity contribution >= 4 is 51.9 Å². The fourth-order valence-corrected chi connectivity index (χ4v) is 7.19. The van der Waals surface area contributed by atoms with Gasteiger partial charge in [-0.3, -0.25) is 0 Å². The summed E-state index contributed by atoms with van der Waals surface area (Å²) in [5.41, 5.74) is 9.14. The van der Waals surface area contributed by atoms with Gasteiger partial charge in [0.1, 0.15) is 6.54 Å². The number of nitrogens with zero attached hydrogens (tertiary/aromatic N) is 2. The van der Waals surface area contributed by atoms with E-state index in [4.69, 9.17) is 39.5 Å². The van der Waals surface area contributed by atoms with Crippen LogP contribution in [0.3, 0.4) is 0 Å². The van der Waals surface area contributed by atoms with Gasteiger partial charge < -0.3 is 33.6 Å². The molecule has 0 N–H and O–H groups in total. The third kappa shape index (κ3) is 6.76. The molecule has 0 saturated heterocycles. The van der Waals surface area contributed by atoms with Crippen molar-refractivity contribution in [2.45, 2.75) is 78.1 Å². The molecule has 0 bridgehead atoms. The topological polar surface area (TPSA) is 15.5 Å². The van der Waals surface area contributed by atoms with E-state index in [0.29, 0.717) is 13.2 Å². The van der Waals surface area contributed by atoms with E-state index in [-0.39, 0.29) is 34.8 Å². The summed E-state index contributed by atoms with van der Waals surface area (Å²) in [5.74, 6) is 0. The van der Waals surface area contributed by atoms with Crippen molar-refractivity contribution in [2.24, 2.45) is 0 Å². The Labute approximate surface area is 296 Å². The molecular weight excluding hydrogens is 722 g/mol. The van der Waals surface area contributed by atoms with Crippen LogP contribution < -0.4 is 28.9 Å². The summed E-state index contributed by atoms with van der Waals surface area (Å²) < 4.78 is 8.52. The Kier molecular flexibility index (Phi) is 11.6. The van der Waals surface area contributed by atoms with Gasteiger partial charge in [-0.15, -0.1) is 0 Å². The van der Waals surface area contributed by atoms with E-state index < -0.39 is 0 Å². The number of fused-ring (bicyclic) bond motifs is 2. The van der Waals surface area contributed by atoms with Gasteiger partial charge in [0.2, 0.25) is 5.69 Å². The van der Waals surface area contributed by atoms with Crippen molar-refractivity contribution in [3.63, 3.8) is 0 Å². The van der Waals surface area contributed by atoms with Gasteiger partial charge in [-0.25, -0.2) is 0 Å². The van der Waals surface area contributed by atoms with Gasteiger partial charge in [0.15, 0.2) is 5.71 Å². The second kappa shape index (κ2) is 14.5. The molecule has 0 aliphatic carbocycles. The van der Waals surface area contributed by atoms with E-state index in [2.05, 4.69) is 99.6 Å². The molecule has 5 rings (SSSR count). The quantitative estimate of drug-likeness (QED) is 0.193. The normalized spacial score (nSPS) is 20.6. The van der Waals surface area contributed by atoms with Crippen molar-refractivity contribution in [3.05, 3.63) is 104 Å². The van der Waals surface area contributed by atoms with Crippen LogP contribution in [-0.4, -0.2) is 36.6 Å². The predicted molar refractivity (Wildman–Crippen MR) is 185 cm³/mol. The lowest BCUT2D eigenvalue weighted by Crippen LogP contribution is -3.00. The van der Waals surface area contributed by atoms with Crippen LogP contribution in [0.15, 0.2) is 82.6 Å². The lowest BCUT2D eigenvalue weighted by Gasteiger charge is -2.27. The molecule has 3 aliphatic heterocycles. The van der Waals surface area contributed by atoms with Crippen molar-refractivity contribution in [3.8, 4) is 0 Å². The second-order valence-corrected chi connectivity index (χ2v) is 14.1. The molecule has 0 spiro atoms. The molecule has 3 aliphatic rings. The standard InChI is InChI=1S/C37H44Cl3N2O.HI/c1-7-9-19-41-31-15-13-27(38)21-29(31)36(3,4)33(41)17-11-25-23-43-24-26(35(25)40)12-18-34-37(5,6)30-22-28(39)14-16-32(30)42(34)20-10-8-2;/h11-18,21-22H,7-10,19-20,23-24H2,1-6H3;1H/q+1;/p-1. The maximum Gasteiger partial charge on any atom is 0.209 e. The fourth-order valence-electron chi connectivity index (χ4n) is 6.62. The summed E-state index contributed by atoms with van der Waals surface area (Å²) in [4.78, 5) is 2.45. The van der Waals surface area contributed by atoms with E-state index in [0.717, 1.165) is 65.0 Å². The van der Waals surface area contributed by atoms with E-state index in [9.17, 15) is 0 Å². The van der Waals surface area contributed by atoms with Gasteiger partial charge in [-0.1, -0.05) is 81.4 Å². The highest BCUT2D eigenvalue weighted by Gasteiger charge is 2.44. The minimum absolute atomic E-state index is 0. The van der Waals surface area contributed by atoms with Gasteiger partial charge in [-0.2, -0.15) is 4.58 Å². The molecule has 7 heteroatoms. The molecule has 0 atom stereocenters. The van der Waals surface area contributed by atoms with Gasteiger partial charge in [-0.05, 0) is 79.5 Å². The Morgan fingerprint density at radius 3 is 2.23 bits per heavy atom. The number of ether oxygens (including phenoxy) is 1. The van der Waals surface area contributed by atoms with Gasteiger partial charge in [0.25, 0.3) is 0 Å². The van der Waals surface area contributed by atoms with E-state index >= 15 is 0 Å². The highest BCUT2D eigenvalue weighted by molar-refractivity contribution is 6.33. The summed E-state index contributed by atoms with van der Waals surface area (Å²) in [6.07, 6.45) is 13.3. The highest BCUT2D eigenvalue weighted by Crippen LogP contribution is 2.49. The largest absolute Gasteiger partial charge is 1.00 e. The summed E-state index contributed by atoms with van der Waals surface area (Å²) in [7, 11) is 0. The molecule has 0 aromatic heterocycles. The summed E-state index contributed by atoms with van der Waals surface area (Å²) in [5, 5.41) is 2.31. The predicted octanol–water partition coefficient (Wildman–Crippen LogP) is 7.66. The number of hydrogen-bond donors (Lipinski definition) is 0. The molecule has 0 unspecified atom stereocenters. The molecule has 0 saturated carbocycles. The van der Waals surface area contributed by atoms with Gasteiger partial charge in [0, 0.05) is 57.5 Å². The van der Waals surface area contributed by atoms with Crippen LogP contribution in [0.1, 0.15) is 78.4 Å². The van der Waals surface area contributed by atoms with Crippen LogP contribution in [0.4, 0.5) is 11.4 Å². The first-order chi connectivity index (χ1) is 20.5. The minimum Gasteiger partial charge on any atom is -1.00 e. The van der Waals surface area contributed by atoms with Crippen molar-refractivity contribution in [1.82, 2.24) is 0 Å². The average Bonchev–Trinajstić information content (AvgIpc) is 3.31. The molecule has 3 heterocycles. The van der Waals surface area contributed by atoms with Crippen LogP contribution >= 0.6 is 34.8 Å². The van der Waals surface area contributed by atoms with Crippen LogP contribution in [0.5, 0.6) is 0 Å². The van der Waals surface area contributed by atoms with Gasteiger partial charge >= 0.3 is 0 Å². The minimum atomic E-state index is -0.177. The van der Waals surface area contributed by atoms with Crippen LogP contribution in [-0.2, 0) is 15.6 Å². The Hall–Kier alpha value is -1.57. The van der Waals surface area contributed by atoms with E-state index in [1.165, 1.54) is 33.9 Å². The number of hydrogen-bond acceptors (Lipinski definition) is 2. The lowest BCUT2D eigenvalue weighted by atomic mass is 9.81. The van der Waals surface area contributed by atoms with Gasteiger partial charge in [0.05, 0.1) is 23.7 Å². The van der Waals surface area contributed by atoms with Crippen LogP contribution in [0.25, 0.3) is 0 Å². The molecule has 236 valence electrons. The van der Waals surface area contributed by atoms with Crippen LogP contribution in [0, 0.1) is 0 Å². The fraction of sp³-hybridized carbons (Fsp3) is 0.432. The molecule has 44 heavy (non-hydrogen) atoms. The van der Waals surface area contributed by atoms with Crippen molar-refractivity contribution < 1.29 is 33.3 Å². The third-order valence-corrected chi connectivity index (χ3v) is 10.1. The Morgan fingerprint density at radius 1 is 0.841 bits per heavy atom. The third-order valence-electron chi connectivity index (χ3n) is 9.14. The van der Waals surface area contributed by atoms with Crippen molar-refractivity contribution in [2.75, 3.05) is 31.2 Å². The first-order valence-electron chi connectivity index (χ1n) is 15.6. The number of rotatable bonds is 9. The number of halogens is 4. The first-order valence-corrected chi connectivity index (χ1v) is 16.7. The zero-order valence-electron chi connectivity index (χ0n) is 26.7. The second-order valence-electron chi connectivity index (χ2n) is 12.9. The zero-order chi connectivity index (χ0) is 30.9. The molecular formula is C37H44Cl3IN2O. The number of allylic oxidation sites excluding steroid dienone is 4. The maximum atomic E-state index is 7.10. The van der Waals surface area contributed by atoms with E-state index in [1.54, 1.807) is 0 Å². The molecule has 0 fully saturated rings. The monoisotopic (exact) mass is 764 g/mol. The lowest BCUT2D eigenvalue weighted by molar-refractivity contribution is -0.438. The van der Waals surface area contributed by atoms with Crippen molar-refractivity contribution in [1.29, 1.82) is 0 Å².